The largest absolute Gasteiger partial charge is 1.00 e. The minimum absolute atomic E-state index is 0. The fraction of sp³-hybridized carbons (Fsp3) is 0.865. The monoisotopic (exact) mass is 964 g/mol. The number of phosphoric acid groups is 1. The number of likely N-dealkylation sites (N-methyl/N-ethyl adjacent to an activating group) is 1. The van der Waals surface area contributed by atoms with Gasteiger partial charge in [0.25, 0.3) is 0 Å². The highest BCUT2D eigenvalue weighted by atomic mass is 35.5. The highest BCUT2D eigenvalue weighted by Crippen LogP contribution is 2.45. The van der Waals surface area contributed by atoms with Crippen LogP contribution in [0.4, 0.5) is 0 Å². The Labute approximate surface area is 404 Å². The van der Waals surface area contributed by atoms with Gasteiger partial charge in [-0.15, -0.1) is 0 Å². The van der Waals surface area contributed by atoms with E-state index in [9.17, 15) is 23.8 Å². The fourth-order valence-corrected chi connectivity index (χ4v) is 8.34. The topological polar surface area (TPSA) is 135 Å². The predicted molar refractivity (Wildman–Crippen MR) is 263 cm³/mol. The van der Waals surface area contributed by atoms with Crippen LogP contribution in [0.5, 0.6) is 0 Å². The third-order valence-electron chi connectivity index (χ3n) is 11.3. The summed E-state index contributed by atoms with van der Waals surface area (Å²) in [6, 6.07) is 0. The lowest BCUT2D eigenvalue weighted by atomic mass is 10.1. The van der Waals surface area contributed by atoms with E-state index in [1.54, 1.807) is 6.92 Å². The summed E-state index contributed by atoms with van der Waals surface area (Å²) >= 11 is 0. The molecular formula is C52H99ClNO10P. The van der Waals surface area contributed by atoms with Crippen molar-refractivity contribution >= 4 is 25.7 Å². The van der Waals surface area contributed by atoms with Crippen LogP contribution in [0, 0.1) is 0 Å². The van der Waals surface area contributed by atoms with Gasteiger partial charge in [-0.3, -0.25) is 23.4 Å². The molecule has 0 radical (unpaired) electrons. The normalized spacial score (nSPS) is 14.2. The Morgan fingerprint density at radius 3 is 1.31 bits per heavy atom. The maximum Gasteiger partial charge on any atom is 0.472 e. The number of ether oxygens (including phenoxy) is 3. The molecule has 0 saturated carbocycles. The molecule has 0 fully saturated rings. The second kappa shape index (κ2) is 44.7. The van der Waals surface area contributed by atoms with E-state index >= 15 is 0 Å². The van der Waals surface area contributed by atoms with Crippen molar-refractivity contribution in [2.24, 2.45) is 0 Å². The molecule has 1 N–H and O–H groups in total. The number of nitrogens with zero attached hydrogens (tertiary/aromatic N) is 1. The number of carbonyl (C=O) groups excluding carboxylic acids is 3. The molecule has 0 saturated heterocycles. The average molecular weight is 965 g/mol. The smallest absolute Gasteiger partial charge is 0.472 e. The Morgan fingerprint density at radius 1 is 0.523 bits per heavy atom. The summed E-state index contributed by atoms with van der Waals surface area (Å²) in [7, 11) is 0.940. The first-order chi connectivity index (χ1) is 30.7. The summed E-state index contributed by atoms with van der Waals surface area (Å²) in [6.45, 7) is 7.59. The minimum Gasteiger partial charge on any atom is -1.00 e. The van der Waals surface area contributed by atoms with Crippen LogP contribution < -0.4 is 12.4 Å². The van der Waals surface area contributed by atoms with E-state index in [1.165, 1.54) is 83.5 Å². The molecule has 0 amide bonds. The molecule has 0 heterocycles. The van der Waals surface area contributed by atoms with Crippen LogP contribution in [-0.2, 0) is 42.2 Å². The minimum atomic E-state index is -4.74. The van der Waals surface area contributed by atoms with Crippen LogP contribution in [0.2, 0.25) is 0 Å². The highest BCUT2D eigenvalue weighted by Gasteiger charge is 2.36. The number of phosphoric ester groups is 1. The standard InChI is InChI=1S/C52H98NO10P.ClH/c1-8-11-14-16-18-20-22-24-26-28-30-32-34-36-39-41-50(54)59-45-48(62-52(56)43-40-37-35-33-31-29-27-25-23-21-19-17-15-12-9-2)46-60-64(57,58)63-49(44-53(5,6)7)47(4)61-51(55)42-38-13-10-3;/h24-27,47-49H,8-23,28-46H2,1-7H3;1H/b26-24-,27-25-;/t47?,48-,49?;/m1./s1. The maximum absolute atomic E-state index is 13.3. The van der Waals surface area contributed by atoms with E-state index in [4.69, 9.17) is 23.3 Å². The molecule has 0 aromatic rings. The van der Waals surface area contributed by atoms with Gasteiger partial charge in [0.05, 0.1) is 27.7 Å². The van der Waals surface area contributed by atoms with Crippen molar-refractivity contribution in [1.82, 2.24) is 0 Å². The number of hydrogen-bond acceptors (Lipinski definition) is 9. The number of halogens is 1. The van der Waals surface area contributed by atoms with Crippen molar-refractivity contribution in [1.29, 1.82) is 0 Å². The molecule has 0 rings (SSSR count). The Kier molecular flexibility index (Phi) is 45.0. The quantitative estimate of drug-likeness (QED) is 0.0157. The van der Waals surface area contributed by atoms with Crippen LogP contribution in [0.3, 0.4) is 0 Å². The van der Waals surface area contributed by atoms with Crippen molar-refractivity contribution in [2.45, 2.75) is 251 Å². The number of esters is 3. The summed E-state index contributed by atoms with van der Waals surface area (Å²) < 4.78 is 41.5. The SMILES string of the molecule is CCCCCCCC/C=C\CCCCCCCC(=O)OC[C@H](COP(=O)(O)OC(C[N+](C)(C)C)C(C)OC(=O)CCCCC)OC(=O)CCCCCCC/C=C\CCCCCCCC.[Cl-]. The van der Waals surface area contributed by atoms with Crippen molar-refractivity contribution in [3.8, 4) is 0 Å². The summed E-state index contributed by atoms with van der Waals surface area (Å²) in [5, 5.41) is 0. The molecule has 0 bridgehead atoms. The number of carbonyl (C=O) groups is 3. The molecule has 384 valence electrons. The lowest BCUT2D eigenvalue weighted by molar-refractivity contribution is -0.873. The first kappa shape index (κ1) is 65.3. The zero-order valence-electron chi connectivity index (χ0n) is 42.7. The Hall–Kier alpha value is -1.75. The van der Waals surface area contributed by atoms with Crippen LogP contribution in [0.25, 0.3) is 0 Å². The molecule has 0 aromatic carbocycles. The zero-order valence-corrected chi connectivity index (χ0v) is 44.3. The van der Waals surface area contributed by atoms with Gasteiger partial charge in [-0.1, -0.05) is 161 Å². The molecule has 0 aliphatic heterocycles. The van der Waals surface area contributed by atoms with E-state index in [-0.39, 0.29) is 44.8 Å². The summed E-state index contributed by atoms with van der Waals surface area (Å²) in [5.41, 5.74) is 0. The maximum atomic E-state index is 13.3. The summed E-state index contributed by atoms with van der Waals surface area (Å²) in [5.74, 6) is -1.30. The highest BCUT2D eigenvalue weighted by molar-refractivity contribution is 7.47. The van der Waals surface area contributed by atoms with E-state index in [0.29, 0.717) is 23.7 Å². The van der Waals surface area contributed by atoms with Crippen molar-refractivity contribution in [2.75, 3.05) is 40.9 Å². The molecule has 11 nitrogen and oxygen atoms in total. The number of allylic oxidation sites excluding steroid dienone is 4. The predicted octanol–water partition coefficient (Wildman–Crippen LogP) is 11.2. The van der Waals surface area contributed by atoms with Gasteiger partial charge in [0.15, 0.2) is 12.2 Å². The average Bonchev–Trinajstić information content (AvgIpc) is 3.23. The van der Waals surface area contributed by atoms with E-state index < -0.39 is 50.6 Å². The first-order valence-corrected chi connectivity index (χ1v) is 27.5. The first-order valence-electron chi connectivity index (χ1n) is 26.0. The second-order valence-corrected chi connectivity index (χ2v) is 20.4. The van der Waals surface area contributed by atoms with Gasteiger partial charge in [0, 0.05) is 19.3 Å². The molecular weight excluding hydrogens is 865 g/mol. The molecule has 0 aromatic heterocycles. The number of unbranched alkanes of at least 4 members (excludes halogenated alkanes) is 24. The molecule has 0 spiro atoms. The number of rotatable bonds is 46. The molecule has 3 unspecified atom stereocenters. The van der Waals surface area contributed by atoms with Gasteiger partial charge in [0.1, 0.15) is 19.3 Å². The van der Waals surface area contributed by atoms with Crippen LogP contribution in [0.1, 0.15) is 233 Å². The van der Waals surface area contributed by atoms with Gasteiger partial charge in [-0.2, -0.15) is 0 Å². The van der Waals surface area contributed by atoms with Gasteiger partial charge in [-0.25, -0.2) is 4.57 Å². The van der Waals surface area contributed by atoms with Crippen LogP contribution in [-0.4, -0.2) is 86.5 Å². The third kappa shape index (κ3) is 45.8. The third-order valence-corrected chi connectivity index (χ3v) is 12.3. The zero-order chi connectivity index (χ0) is 47.6. The van der Waals surface area contributed by atoms with Crippen molar-refractivity contribution in [3.05, 3.63) is 24.3 Å². The fourth-order valence-electron chi connectivity index (χ4n) is 7.35. The molecule has 0 aliphatic carbocycles. The Bertz CT molecular complexity index is 1240. The molecule has 65 heavy (non-hydrogen) atoms. The van der Waals surface area contributed by atoms with Crippen molar-refractivity contribution in [3.63, 3.8) is 0 Å². The van der Waals surface area contributed by atoms with Crippen LogP contribution in [0.15, 0.2) is 24.3 Å². The Balaban J connectivity index is 0. The van der Waals surface area contributed by atoms with Gasteiger partial charge in [0.2, 0.25) is 0 Å². The number of quaternary nitrogens is 1. The van der Waals surface area contributed by atoms with E-state index in [2.05, 4.69) is 38.2 Å². The van der Waals surface area contributed by atoms with E-state index in [1.807, 2.05) is 28.1 Å². The summed E-state index contributed by atoms with van der Waals surface area (Å²) in [6.07, 6.45) is 39.5. The molecule has 4 atom stereocenters. The lowest BCUT2D eigenvalue weighted by Gasteiger charge is -2.32. The molecule has 0 aliphatic rings. The van der Waals surface area contributed by atoms with Gasteiger partial charge in [-0.05, 0) is 77.6 Å². The van der Waals surface area contributed by atoms with Gasteiger partial charge >= 0.3 is 25.7 Å². The van der Waals surface area contributed by atoms with Crippen LogP contribution >= 0.6 is 7.82 Å². The number of hydrogen-bond donors (Lipinski definition) is 1. The molecule has 13 heteroatoms. The summed E-state index contributed by atoms with van der Waals surface area (Å²) in [4.78, 5) is 49.0. The van der Waals surface area contributed by atoms with Crippen molar-refractivity contribution < 1.29 is 64.0 Å². The van der Waals surface area contributed by atoms with Gasteiger partial charge < -0.3 is 36.0 Å². The second-order valence-electron chi connectivity index (χ2n) is 19.0. The lowest BCUT2D eigenvalue weighted by Crippen LogP contribution is -3.00. The van der Waals surface area contributed by atoms with E-state index in [0.717, 1.165) is 83.5 Å². The Morgan fingerprint density at radius 2 is 0.877 bits per heavy atom.